The second-order valence-electron chi connectivity index (χ2n) is 6.12. The van der Waals surface area contributed by atoms with Gasteiger partial charge in [-0.1, -0.05) is 0 Å². The van der Waals surface area contributed by atoms with E-state index < -0.39 is 0 Å². The van der Waals surface area contributed by atoms with Crippen LogP contribution in [0.25, 0.3) is 0 Å². The molecule has 2 aromatic rings. The van der Waals surface area contributed by atoms with E-state index in [2.05, 4.69) is 21.5 Å². The lowest BCUT2D eigenvalue weighted by Gasteiger charge is -2.18. The summed E-state index contributed by atoms with van der Waals surface area (Å²) < 4.78 is 1.74. The zero-order chi connectivity index (χ0) is 17.3. The Labute approximate surface area is 140 Å². The molecule has 1 fully saturated rings. The number of aromatic nitrogens is 3. The molecule has 7 nitrogen and oxygen atoms in total. The van der Waals surface area contributed by atoms with E-state index in [-0.39, 0.29) is 17.7 Å². The molecule has 1 N–H and O–H groups in total. The van der Waals surface area contributed by atoms with Gasteiger partial charge in [0.1, 0.15) is 11.9 Å². The Hall–Kier alpha value is -2.88. The molecule has 1 saturated heterocycles. The number of nitrogens with one attached hydrogen (secondary N) is 1. The SMILES string of the molecule is CNC(=O)[C@@H]1CN(c2nc(C)ccc2C#N)C[C@H]1c1cnn(C)c1. The predicted molar refractivity (Wildman–Crippen MR) is 89.4 cm³/mol. The summed E-state index contributed by atoms with van der Waals surface area (Å²) in [5.41, 5.74) is 2.41. The molecule has 0 aliphatic carbocycles. The fourth-order valence-corrected chi connectivity index (χ4v) is 3.27. The molecule has 3 rings (SSSR count). The van der Waals surface area contributed by atoms with Crippen LogP contribution in [0.3, 0.4) is 0 Å². The van der Waals surface area contributed by atoms with Crippen molar-refractivity contribution in [1.29, 1.82) is 5.26 Å². The van der Waals surface area contributed by atoms with Crippen LogP contribution in [0, 0.1) is 24.2 Å². The number of hydrogen-bond donors (Lipinski definition) is 1. The van der Waals surface area contributed by atoms with Gasteiger partial charge in [-0.25, -0.2) is 4.98 Å². The van der Waals surface area contributed by atoms with Crippen molar-refractivity contribution in [2.75, 3.05) is 25.0 Å². The summed E-state index contributed by atoms with van der Waals surface area (Å²) in [5.74, 6) is 0.468. The number of aryl methyl sites for hydroxylation is 2. The molecule has 1 amide bonds. The van der Waals surface area contributed by atoms with Crippen LogP contribution in [-0.2, 0) is 11.8 Å². The van der Waals surface area contributed by atoms with Gasteiger partial charge in [-0.05, 0) is 24.6 Å². The van der Waals surface area contributed by atoms with Gasteiger partial charge in [-0.2, -0.15) is 10.4 Å². The maximum atomic E-state index is 12.4. The van der Waals surface area contributed by atoms with Gasteiger partial charge in [0.2, 0.25) is 5.91 Å². The van der Waals surface area contributed by atoms with Crippen LogP contribution in [0.2, 0.25) is 0 Å². The van der Waals surface area contributed by atoms with Gasteiger partial charge in [0.05, 0.1) is 17.7 Å². The van der Waals surface area contributed by atoms with Crippen molar-refractivity contribution in [3.63, 3.8) is 0 Å². The standard InChI is InChI=1S/C17H20N6O/c1-11-4-5-12(6-18)16(21-11)23-9-14(13-7-20-22(3)8-13)15(10-23)17(24)19-2/h4-5,7-8,14-15H,9-10H2,1-3H3,(H,19,24)/t14-,15+/m0/s1. The van der Waals surface area contributed by atoms with E-state index in [9.17, 15) is 10.1 Å². The summed E-state index contributed by atoms with van der Waals surface area (Å²) >= 11 is 0. The minimum Gasteiger partial charge on any atom is -0.359 e. The number of nitriles is 1. The largest absolute Gasteiger partial charge is 0.359 e. The maximum Gasteiger partial charge on any atom is 0.225 e. The van der Waals surface area contributed by atoms with Gasteiger partial charge in [-0.15, -0.1) is 0 Å². The topological polar surface area (TPSA) is 86.8 Å². The van der Waals surface area contributed by atoms with Crippen LogP contribution in [0.5, 0.6) is 0 Å². The van der Waals surface area contributed by atoms with E-state index in [1.165, 1.54) is 0 Å². The Morgan fingerprint density at radius 2 is 2.21 bits per heavy atom. The molecule has 3 heterocycles. The molecule has 0 aromatic carbocycles. The first-order valence-corrected chi connectivity index (χ1v) is 7.86. The highest BCUT2D eigenvalue weighted by Crippen LogP contribution is 2.35. The number of carbonyl (C=O) groups excluding carboxylic acids is 1. The lowest BCUT2D eigenvalue weighted by Crippen LogP contribution is -2.32. The van der Waals surface area contributed by atoms with Gasteiger partial charge >= 0.3 is 0 Å². The molecule has 1 aliphatic heterocycles. The van der Waals surface area contributed by atoms with Crippen molar-refractivity contribution in [3.8, 4) is 6.07 Å². The van der Waals surface area contributed by atoms with Gasteiger partial charge < -0.3 is 10.2 Å². The van der Waals surface area contributed by atoms with Crippen LogP contribution >= 0.6 is 0 Å². The second kappa shape index (κ2) is 6.32. The van der Waals surface area contributed by atoms with Crippen molar-refractivity contribution in [2.24, 2.45) is 13.0 Å². The predicted octanol–water partition coefficient (Wildman–Crippen LogP) is 0.961. The summed E-state index contributed by atoms with van der Waals surface area (Å²) in [5, 5.41) is 16.3. The fraction of sp³-hybridized carbons (Fsp3) is 0.412. The van der Waals surface area contributed by atoms with Gasteiger partial charge in [0.15, 0.2) is 0 Å². The highest BCUT2D eigenvalue weighted by Gasteiger charge is 2.39. The molecule has 7 heteroatoms. The normalized spacial score (nSPS) is 20.0. The lowest BCUT2D eigenvalue weighted by atomic mass is 9.90. The summed E-state index contributed by atoms with van der Waals surface area (Å²) in [4.78, 5) is 18.9. The third-order valence-electron chi connectivity index (χ3n) is 4.49. The average molecular weight is 324 g/mol. The quantitative estimate of drug-likeness (QED) is 0.909. The van der Waals surface area contributed by atoms with E-state index in [4.69, 9.17) is 0 Å². The van der Waals surface area contributed by atoms with Gasteiger partial charge in [-0.3, -0.25) is 9.48 Å². The Kier molecular flexibility index (Phi) is 4.21. The minimum absolute atomic E-state index is 0.00230. The highest BCUT2D eigenvalue weighted by atomic mass is 16.1. The second-order valence-corrected chi connectivity index (χ2v) is 6.12. The molecule has 24 heavy (non-hydrogen) atoms. The van der Waals surface area contributed by atoms with Crippen molar-refractivity contribution < 1.29 is 4.79 Å². The van der Waals surface area contributed by atoms with Crippen LogP contribution in [-0.4, -0.2) is 40.8 Å². The van der Waals surface area contributed by atoms with Crippen LogP contribution in [0.1, 0.15) is 22.7 Å². The monoisotopic (exact) mass is 324 g/mol. The van der Waals surface area contributed by atoms with E-state index in [1.807, 2.05) is 31.1 Å². The molecule has 0 radical (unpaired) electrons. The third-order valence-corrected chi connectivity index (χ3v) is 4.49. The minimum atomic E-state index is -0.201. The zero-order valence-electron chi connectivity index (χ0n) is 14.0. The Balaban J connectivity index is 1.97. The molecule has 1 aliphatic rings. The number of nitrogens with zero attached hydrogens (tertiary/aromatic N) is 5. The molecule has 2 atom stereocenters. The van der Waals surface area contributed by atoms with Crippen LogP contribution < -0.4 is 10.2 Å². The van der Waals surface area contributed by atoms with E-state index in [1.54, 1.807) is 24.0 Å². The van der Waals surface area contributed by atoms with E-state index in [0.717, 1.165) is 11.3 Å². The number of pyridine rings is 1. The Morgan fingerprint density at radius 3 is 2.83 bits per heavy atom. The number of anilines is 1. The Bertz CT molecular complexity index is 806. The summed E-state index contributed by atoms with van der Waals surface area (Å²) in [6.45, 7) is 3.06. The first-order chi connectivity index (χ1) is 11.5. The smallest absolute Gasteiger partial charge is 0.225 e. The number of hydrogen-bond acceptors (Lipinski definition) is 5. The molecule has 0 bridgehead atoms. The molecule has 0 unspecified atom stereocenters. The maximum absolute atomic E-state index is 12.4. The third kappa shape index (κ3) is 2.83. The van der Waals surface area contributed by atoms with Crippen LogP contribution in [0.15, 0.2) is 24.5 Å². The number of rotatable bonds is 3. The fourth-order valence-electron chi connectivity index (χ4n) is 3.27. The van der Waals surface area contributed by atoms with Crippen molar-refractivity contribution in [2.45, 2.75) is 12.8 Å². The van der Waals surface area contributed by atoms with Crippen molar-refractivity contribution >= 4 is 11.7 Å². The summed E-state index contributed by atoms with van der Waals surface area (Å²) in [6, 6.07) is 5.80. The van der Waals surface area contributed by atoms with Crippen LogP contribution in [0.4, 0.5) is 5.82 Å². The molecular formula is C17H20N6O. The number of carbonyl (C=O) groups is 1. The molecule has 0 saturated carbocycles. The molecule has 0 spiro atoms. The van der Waals surface area contributed by atoms with Crippen molar-refractivity contribution in [1.82, 2.24) is 20.1 Å². The molecular weight excluding hydrogens is 304 g/mol. The molecule has 2 aromatic heterocycles. The van der Waals surface area contributed by atoms with Gasteiger partial charge in [0, 0.05) is 45.0 Å². The van der Waals surface area contributed by atoms with Crippen molar-refractivity contribution in [3.05, 3.63) is 41.3 Å². The van der Waals surface area contributed by atoms with E-state index in [0.29, 0.717) is 24.5 Å². The lowest BCUT2D eigenvalue weighted by molar-refractivity contribution is -0.124. The first kappa shape index (κ1) is 16.0. The van der Waals surface area contributed by atoms with E-state index >= 15 is 0 Å². The highest BCUT2D eigenvalue weighted by molar-refractivity contribution is 5.81. The summed E-state index contributed by atoms with van der Waals surface area (Å²) in [6.07, 6.45) is 3.75. The average Bonchev–Trinajstić information content (AvgIpc) is 3.20. The first-order valence-electron chi connectivity index (χ1n) is 7.86. The molecule has 124 valence electrons. The summed E-state index contributed by atoms with van der Waals surface area (Å²) in [7, 11) is 3.51. The number of amides is 1. The Morgan fingerprint density at radius 1 is 1.42 bits per heavy atom. The zero-order valence-corrected chi connectivity index (χ0v) is 14.0. The van der Waals surface area contributed by atoms with Gasteiger partial charge in [0.25, 0.3) is 0 Å².